The third-order valence-corrected chi connectivity index (χ3v) is 4.64. The smallest absolute Gasteiger partial charge is 0.0766 e. The van der Waals surface area contributed by atoms with Gasteiger partial charge in [-0.1, -0.05) is 32.0 Å². The molecule has 0 amide bonds. The molecule has 0 saturated heterocycles. The van der Waals surface area contributed by atoms with E-state index in [1.807, 2.05) is 29.1 Å². The van der Waals surface area contributed by atoms with Gasteiger partial charge in [-0.05, 0) is 49.3 Å². The lowest BCUT2D eigenvalue weighted by molar-refractivity contribution is 0.226. The SMILES string of the molecule is CC1CCC(NCc2ccn(-c3ccccc3)n2)C(C)C1. The maximum Gasteiger partial charge on any atom is 0.0766 e. The lowest BCUT2D eigenvalue weighted by Gasteiger charge is -2.33. The topological polar surface area (TPSA) is 29.9 Å². The van der Waals surface area contributed by atoms with Gasteiger partial charge in [0.25, 0.3) is 0 Å². The normalized spacial score (nSPS) is 25.9. The fourth-order valence-corrected chi connectivity index (χ4v) is 3.38. The van der Waals surface area contributed by atoms with Crippen molar-refractivity contribution in [3.63, 3.8) is 0 Å². The first-order chi connectivity index (χ1) is 10.2. The summed E-state index contributed by atoms with van der Waals surface area (Å²) in [6, 6.07) is 13.0. The van der Waals surface area contributed by atoms with E-state index in [9.17, 15) is 0 Å². The van der Waals surface area contributed by atoms with Crippen molar-refractivity contribution in [2.75, 3.05) is 0 Å². The molecule has 1 aromatic heterocycles. The Bertz CT molecular complexity index is 561. The van der Waals surface area contributed by atoms with Crippen molar-refractivity contribution >= 4 is 0 Å². The van der Waals surface area contributed by atoms with Crippen LogP contribution in [0.1, 0.15) is 38.8 Å². The number of nitrogens with zero attached hydrogens (tertiary/aromatic N) is 2. The molecule has 1 saturated carbocycles. The summed E-state index contributed by atoms with van der Waals surface area (Å²) in [7, 11) is 0. The van der Waals surface area contributed by atoms with Crippen molar-refractivity contribution in [2.24, 2.45) is 11.8 Å². The Hall–Kier alpha value is -1.61. The molecule has 3 nitrogen and oxygen atoms in total. The van der Waals surface area contributed by atoms with Crippen molar-refractivity contribution in [3.05, 3.63) is 48.3 Å². The van der Waals surface area contributed by atoms with Crippen LogP contribution in [0.2, 0.25) is 0 Å². The number of nitrogens with one attached hydrogen (secondary N) is 1. The molecule has 3 heteroatoms. The minimum absolute atomic E-state index is 0.642. The minimum atomic E-state index is 0.642. The highest BCUT2D eigenvalue weighted by Crippen LogP contribution is 2.28. The second-order valence-electron chi connectivity index (χ2n) is 6.47. The molecule has 1 aliphatic carbocycles. The molecule has 3 unspecified atom stereocenters. The number of aromatic nitrogens is 2. The zero-order chi connectivity index (χ0) is 14.7. The molecule has 0 bridgehead atoms. The molecule has 21 heavy (non-hydrogen) atoms. The highest BCUT2D eigenvalue weighted by molar-refractivity contribution is 5.30. The van der Waals surface area contributed by atoms with E-state index in [1.165, 1.54) is 19.3 Å². The second kappa shape index (κ2) is 6.44. The van der Waals surface area contributed by atoms with E-state index in [0.29, 0.717) is 6.04 Å². The molecule has 0 spiro atoms. The van der Waals surface area contributed by atoms with Gasteiger partial charge in [-0.3, -0.25) is 0 Å². The van der Waals surface area contributed by atoms with Crippen molar-refractivity contribution in [1.82, 2.24) is 15.1 Å². The monoisotopic (exact) mass is 283 g/mol. The number of benzene rings is 1. The fraction of sp³-hybridized carbons (Fsp3) is 0.500. The van der Waals surface area contributed by atoms with E-state index in [2.05, 4.69) is 42.5 Å². The summed E-state index contributed by atoms with van der Waals surface area (Å²) in [5.41, 5.74) is 2.23. The van der Waals surface area contributed by atoms with E-state index < -0.39 is 0 Å². The Labute approximate surface area is 127 Å². The van der Waals surface area contributed by atoms with Crippen LogP contribution in [0.5, 0.6) is 0 Å². The fourth-order valence-electron chi connectivity index (χ4n) is 3.38. The van der Waals surface area contributed by atoms with Crippen molar-refractivity contribution in [1.29, 1.82) is 0 Å². The van der Waals surface area contributed by atoms with Crippen molar-refractivity contribution < 1.29 is 0 Å². The summed E-state index contributed by atoms with van der Waals surface area (Å²) >= 11 is 0. The van der Waals surface area contributed by atoms with Gasteiger partial charge >= 0.3 is 0 Å². The van der Waals surface area contributed by atoms with Gasteiger partial charge < -0.3 is 5.32 Å². The molecule has 0 aliphatic heterocycles. The van der Waals surface area contributed by atoms with Gasteiger partial charge in [0.2, 0.25) is 0 Å². The largest absolute Gasteiger partial charge is 0.308 e. The molecule has 2 aromatic rings. The molecule has 3 rings (SSSR count). The van der Waals surface area contributed by atoms with E-state index in [1.54, 1.807) is 0 Å². The van der Waals surface area contributed by atoms with Crippen LogP contribution in [-0.2, 0) is 6.54 Å². The predicted octanol–water partition coefficient (Wildman–Crippen LogP) is 3.79. The maximum atomic E-state index is 4.66. The number of rotatable bonds is 4. The Kier molecular flexibility index (Phi) is 4.39. The summed E-state index contributed by atoms with van der Waals surface area (Å²) in [5.74, 6) is 1.65. The summed E-state index contributed by atoms with van der Waals surface area (Å²) in [6.45, 7) is 5.60. The molecule has 0 radical (unpaired) electrons. The zero-order valence-electron chi connectivity index (χ0n) is 13.0. The molecule has 1 fully saturated rings. The Morgan fingerprint density at radius 3 is 2.71 bits per heavy atom. The van der Waals surface area contributed by atoms with Crippen LogP contribution < -0.4 is 5.32 Å². The lowest BCUT2D eigenvalue weighted by Crippen LogP contribution is -2.38. The highest BCUT2D eigenvalue weighted by Gasteiger charge is 2.24. The maximum absolute atomic E-state index is 4.66. The number of para-hydroxylation sites is 1. The third kappa shape index (κ3) is 3.53. The molecule has 3 atom stereocenters. The molecule has 1 heterocycles. The van der Waals surface area contributed by atoms with Gasteiger partial charge in [0.05, 0.1) is 11.4 Å². The van der Waals surface area contributed by atoms with E-state index in [0.717, 1.165) is 29.8 Å². The van der Waals surface area contributed by atoms with E-state index >= 15 is 0 Å². The summed E-state index contributed by atoms with van der Waals surface area (Å²) < 4.78 is 1.95. The van der Waals surface area contributed by atoms with Gasteiger partial charge in [0.15, 0.2) is 0 Å². The number of hydrogen-bond acceptors (Lipinski definition) is 2. The molecule has 1 aliphatic rings. The van der Waals surface area contributed by atoms with Crippen LogP contribution in [-0.4, -0.2) is 15.8 Å². The first-order valence-electron chi connectivity index (χ1n) is 8.05. The van der Waals surface area contributed by atoms with Crippen molar-refractivity contribution in [2.45, 2.75) is 45.7 Å². The summed E-state index contributed by atoms with van der Waals surface area (Å²) in [5, 5.41) is 8.36. The van der Waals surface area contributed by atoms with Crippen molar-refractivity contribution in [3.8, 4) is 5.69 Å². The van der Waals surface area contributed by atoms with Gasteiger partial charge in [0.1, 0.15) is 0 Å². The minimum Gasteiger partial charge on any atom is -0.308 e. The Morgan fingerprint density at radius 1 is 1.14 bits per heavy atom. The molecule has 1 N–H and O–H groups in total. The highest BCUT2D eigenvalue weighted by atomic mass is 15.3. The van der Waals surface area contributed by atoms with Gasteiger partial charge in [-0.15, -0.1) is 0 Å². The van der Waals surface area contributed by atoms with Crippen LogP contribution in [0.3, 0.4) is 0 Å². The van der Waals surface area contributed by atoms with Crippen LogP contribution in [0.4, 0.5) is 0 Å². The average Bonchev–Trinajstić information content (AvgIpc) is 2.96. The molecular formula is C18H25N3. The van der Waals surface area contributed by atoms with Crippen LogP contribution in [0.15, 0.2) is 42.6 Å². The quantitative estimate of drug-likeness (QED) is 0.925. The Morgan fingerprint density at radius 2 is 1.95 bits per heavy atom. The lowest BCUT2D eigenvalue weighted by atomic mass is 9.80. The second-order valence-corrected chi connectivity index (χ2v) is 6.47. The molecule has 112 valence electrons. The Balaban J connectivity index is 1.58. The van der Waals surface area contributed by atoms with Gasteiger partial charge in [-0.25, -0.2) is 4.68 Å². The zero-order valence-corrected chi connectivity index (χ0v) is 13.0. The predicted molar refractivity (Wildman–Crippen MR) is 86.4 cm³/mol. The van der Waals surface area contributed by atoms with Gasteiger partial charge in [0, 0.05) is 18.8 Å². The first-order valence-corrected chi connectivity index (χ1v) is 8.05. The summed E-state index contributed by atoms with van der Waals surface area (Å²) in [6.07, 6.45) is 6.02. The number of hydrogen-bond donors (Lipinski definition) is 1. The summed E-state index contributed by atoms with van der Waals surface area (Å²) in [4.78, 5) is 0. The molecular weight excluding hydrogens is 258 g/mol. The first kappa shape index (κ1) is 14.3. The van der Waals surface area contributed by atoms with E-state index in [4.69, 9.17) is 0 Å². The molecule has 1 aromatic carbocycles. The van der Waals surface area contributed by atoms with Crippen LogP contribution >= 0.6 is 0 Å². The van der Waals surface area contributed by atoms with E-state index in [-0.39, 0.29) is 0 Å². The van der Waals surface area contributed by atoms with Crippen LogP contribution in [0.25, 0.3) is 5.69 Å². The standard InChI is InChI=1S/C18H25N3/c1-14-8-9-18(15(2)12-14)19-13-16-10-11-21(20-16)17-6-4-3-5-7-17/h3-7,10-11,14-15,18-19H,8-9,12-13H2,1-2H3. The van der Waals surface area contributed by atoms with Crippen LogP contribution in [0, 0.1) is 11.8 Å². The third-order valence-electron chi connectivity index (χ3n) is 4.64. The van der Waals surface area contributed by atoms with Gasteiger partial charge in [-0.2, -0.15) is 5.10 Å². The average molecular weight is 283 g/mol.